The molecule has 0 aliphatic carbocycles. The highest BCUT2D eigenvalue weighted by Gasteiger charge is 2.33. The fourth-order valence-corrected chi connectivity index (χ4v) is 3.61. The molecular formula is C18H17ClFN5O. The summed E-state index contributed by atoms with van der Waals surface area (Å²) in [5, 5.41) is 7.89. The molecule has 0 amide bonds. The van der Waals surface area contributed by atoms with Gasteiger partial charge in [-0.1, -0.05) is 29.8 Å². The van der Waals surface area contributed by atoms with Crippen molar-refractivity contribution in [1.29, 1.82) is 0 Å². The minimum absolute atomic E-state index is 0.0994. The minimum atomic E-state index is -0.420. The van der Waals surface area contributed by atoms with Gasteiger partial charge in [-0.25, -0.2) is 9.07 Å². The normalized spacial score (nSPS) is 18.9. The molecule has 0 fully saturated rings. The topological polar surface area (TPSA) is 78.0 Å². The molecule has 0 saturated heterocycles. The maximum absolute atomic E-state index is 14.5. The maximum Gasteiger partial charge on any atom is 0.241 e. The third kappa shape index (κ3) is 2.84. The molecule has 3 aromatic rings. The Morgan fingerprint density at radius 3 is 2.73 bits per heavy atom. The number of fused-ring (bicyclic) bond motifs is 1. The number of anilines is 2. The number of rotatable bonds is 3. The zero-order chi connectivity index (χ0) is 18.3. The van der Waals surface area contributed by atoms with Gasteiger partial charge in [-0.2, -0.15) is 4.98 Å². The summed E-state index contributed by atoms with van der Waals surface area (Å²) in [6, 6.07) is 11.8. The van der Waals surface area contributed by atoms with Crippen molar-refractivity contribution in [2.75, 3.05) is 18.2 Å². The third-order valence-electron chi connectivity index (χ3n) is 4.56. The van der Waals surface area contributed by atoms with Crippen molar-refractivity contribution in [3.05, 3.63) is 64.4 Å². The van der Waals surface area contributed by atoms with E-state index in [0.29, 0.717) is 23.0 Å². The zero-order valence-electron chi connectivity index (χ0n) is 14.0. The number of benzene rings is 2. The molecule has 2 unspecified atom stereocenters. The average molecular weight is 374 g/mol. The minimum Gasteiger partial charge on any atom is -0.497 e. The van der Waals surface area contributed by atoms with Gasteiger partial charge in [0.25, 0.3) is 0 Å². The van der Waals surface area contributed by atoms with Gasteiger partial charge in [0, 0.05) is 10.6 Å². The number of hydrogen-bond donors (Lipinski definition) is 2. The molecule has 3 N–H and O–H groups in total. The first-order chi connectivity index (χ1) is 12.6. The summed E-state index contributed by atoms with van der Waals surface area (Å²) in [7, 11) is 1.62. The summed E-state index contributed by atoms with van der Waals surface area (Å²) >= 11 is 6.30. The van der Waals surface area contributed by atoms with Crippen LogP contribution in [0.15, 0.2) is 42.5 Å². The van der Waals surface area contributed by atoms with Gasteiger partial charge < -0.3 is 15.8 Å². The quantitative estimate of drug-likeness (QED) is 0.730. The van der Waals surface area contributed by atoms with Crippen LogP contribution in [0.1, 0.15) is 29.6 Å². The van der Waals surface area contributed by atoms with E-state index < -0.39 is 6.04 Å². The van der Waals surface area contributed by atoms with Crippen LogP contribution in [-0.2, 0) is 0 Å². The molecule has 2 heterocycles. The summed E-state index contributed by atoms with van der Waals surface area (Å²) in [6.07, 6.45) is 0.544. The Hall–Kier alpha value is -2.80. The Morgan fingerprint density at radius 1 is 1.27 bits per heavy atom. The first-order valence-electron chi connectivity index (χ1n) is 8.13. The van der Waals surface area contributed by atoms with Gasteiger partial charge in [0.2, 0.25) is 11.9 Å². The number of nitrogens with two attached hydrogens (primary N) is 1. The highest BCUT2D eigenvalue weighted by Crippen LogP contribution is 2.41. The highest BCUT2D eigenvalue weighted by molar-refractivity contribution is 6.31. The predicted molar refractivity (Wildman–Crippen MR) is 98.0 cm³/mol. The highest BCUT2D eigenvalue weighted by atomic mass is 35.5. The molecule has 8 heteroatoms. The van der Waals surface area contributed by atoms with Crippen LogP contribution in [0.25, 0.3) is 0 Å². The molecule has 2 aromatic carbocycles. The van der Waals surface area contributed by atoms with Gasteiger partial charge in [-0.15, -0.1) is 5.10 Å². The second kappa shape index (κ2) is 6.49. The third-order valence-corrected chi connectivity index (χ3v) is 4.89. The molecule has 4 rings (SSSR count). The number of methoxy groups -OCH3 is 1. The standard InChI is InChI=1S/C18H17ClFN5O/c1-26-11-7-5-10(6-8-11)14-9-15(16-12(19)3-2-4-13(16)20)25-18(22-14)23-17(21)24-25/h2-8,14-15H,9H2,1H3,(H3,21,22,23,24). The van der Waals surface area contributed by atoms with Crippen molar-refractivity contribution in [3.63, 3.8) is 0 Å². The molecule has 0 radical (unpaired) electrons. The Kier molecular flexibility index (Phi) is 4.16. The van der Waals surface area contributed by atoms with E-state index in [1.54, 1.807) is 23.9 Å². The van der Waals surface area contributed by atoms with Crippen LogP contribution in [0, 0.1) is 5.82 Å². The van der Waals surface area contributed by atoms with Crippen molar-refractivity contribution in [2.45, 2.75) is 18.5 Å². The van der Waals surface area contributed by atoms with Crippen molar-refractivity contribution in [3.8, 4) is 5.75 Å². The monoisotopic (exact) mass is 373 g/mol. The number of nitrogens with zero attached hydrogens (tertiary/aromatic N) is 3. The molecule has 6 nitrogen and oxygen atoms in total. The van der Waals surface area contributed by atoms with E-state index in [2.05, 4.69) is 15.4 Å². The van der Waals surface area contributed by atoms with Crippen LogP contribution in [0.2, 0.25) is 5.02 Å². The summed E-state index contributed by atoms with van der Waals surface area (Å²) < 4.78 is 21.4. The van der Waals surface area contributed by atoms with Gasteiger partial charge in [0.15, 0.2) is 0 Å². The van der Waals surface area contributed by atoms with Crippen molar-refractivity contribution in [1.82, 2.24) is 14.8 Å². The number of nitrogens with one attached hydrogen (secondary N) is 1. The van der Waals surface area contributed by atoms with Crippen LogP contribution >= 0.6 is 11.6 Å². The lowest BCUT2D eigenvalue weighted by atomic mass is 9.93. The molecule has 0 spiro atoms. The van der Waals surface area contributed by atoms with E-state index in [1.807, 2.05) is 24.3 Å². The maximum atomic E-state index is 14.5. The molecule has 0 bridgehead atoms. The lowest BCUT2D eigenvalue weighted by Crippen LogP contribution is -2.28. The molecule has 1 aromatic heterocycles. The van der Waals surface area contributed by atoms with Crippen molar-refractivity contribution in [2.24, 2.45) is 0 Å². The van der Waals surface area contributed by atoms with E-state index in [0.717, 1.165) is 11.3 Å². The Bertz CT molecular complexity index is 923. The zero-order valence-corrected chi connectivity index (χ0v) is 14.7. The summed E-state index contributed by atoms with van der Waals surface area (Å²) in [4.78, 5) is 4.22. The van der Waals surface area contributed by atoms with Gasteiger partial charge in [-0.05, 0) is 36.2 Å². The van der Waals surface area contributed by atoms with Crippen molar-refractivity contribution < 1.29 is 9.13 Å². The van der Waals surface area contributed by atoms with Gasteiger partial charge in [0.05, 0.1) is 19.2 Å². The number of aromatic nitrogens is 3. The molecule has 26 heavy (non-hydrogen) atoms. The average Bonchev–Trinajstić information content (AvgIpc) is 3.02. The fraction of sp³-hybridized carbons (Fsp3) is 0.222. The number of ether oxygens (including phenoxy) is 1. The number of halogens is 2. The fourth-order valence-electron chi connectivity index (χ4n) is 3.32. The van der Waals surface area contributed by atoms with Crippen molar-refractivity contribution >= 4 is 23.5 Å². The Labute approximate surface area is 154 Å². The predicted octanol–water partition coefficient (Wildman–Crippen LogP) is 3.81. The molecule has 1 aliphatic heterocycles. The van der Waals surface area contributed by atoms with Gasteiger partial charge >= 0.3 is 0 Å². The van der Waals surface area contributed by atoms with Gasteiger partial charge in [0.1, 0.15) is 11.6 Å². The lowest BCUT2D eigenvalue weighted by Gasteiger charge is -2.32. The molecule has 0 saturated carbocycles. The van der Waals surface area contributed by atoms with E-state index in [1.165, 1.54) is 6.07 Å². The van der Waals surface area contributed by atoms with E-state index in [9.17, 15) is 4.39 Å². The SMILES string of the molecule is COc1ccc(C2CC(c3c(F)cccc3Cl)n3nc(N)nc3N2)cc1. The lowest BCUT2D eigenvalue weighted by molar-refractivity contribution is 0.410. The molecule has 1 aliphatic rings. The number of hydrogen-bond acceptors (Lipinski definition) is 5. The first-order valence-corrected chi connectivity index (χ1v) is 8.51. The van der Waals surface area contributed by atoms with Gasteiger partial charge in [-0.3, -0.25) is 0 Å². The smallest absolute Gasteiger partial charge is 0.241 e. The van der Waals surface area contributed by atoms with Crippen LogP contribution in [-0.4, -0.2) is 21.9 Å². The van der Waals surface area contributed by atoms with Crippen LogP contribution in [0.5, 0.6) is 5.75 Å². The van der Waals surface area contributed by atoms with Crippen LogP contribution in [0.3, 0.4) is 0 Å². The molecule has 134 valence electrons. The molecular weight excluding hydrogens is 357 g/mol. The Morgan fingerprint density at radius 2 is 2.04 bits per heavy atom. The Balaban J connectivity index is 1.78. The summed E-state index contributed by atoms with van der Waals surface area (Å²) in [5.74, 6) is 1.00. The largest absolute Gasteiger partial charge is 0.497 e. The van der Waals surface area contributed by atoms with E-state index in [4.69, 9.17) is 22.1 Å². The van der Waals surface area contributed by atoms with Crippen LogP contribution < -0.4 is 15.8 Å². The first kappa shape index (κ1) is 16.7. The second-order valence-corrected chi connectivity index (χ2v) is 6.50. The van der Waals surface area contributed by atoms with E-state index in [-0.39, 0.29) is 17.8 Å². The number of nitrogen functional groups attached to an aromatic ring is 1. The summed E-state index contributed by atoms with van der Waals surface area (Å²) in [6.45, 7) is 0. The van der Waals surface area contributed by atoms with Crippen LogP contribution in [0.4, 0.5) is 16.3 Å². The van der Waals surface area contributed by atoms with E-state index >= 15 is 0 Å². The second-order valence-electron chi connectivity index (χ2n) is 6.10. The summed E-state index contributed by atoms with van der Waals surface area (Å²) in [5.41, 5.74) is 7.18. The molecule has 2 atom stereocenters.